The lowest BCUT2D eigenvalue weighted by Crippen LogP contribution is -2.20. The van der Waals surface area contributed by atoms with Crippen molar-refractivity contribution in [3.8, 4) is 28.7 Å². The van der Waals surface area contributed by atoms with Gasteiger partial charge in [-0.3, -0.25) is 4.79 Å². The van der Waals surface area contributed by atoms with Crippen LogP contribution in [0.15, 0.2) is 23.0 Å². The van der Waals surface area contributed by atoms with Crippen LogP contribution in [0.4, 0.5) is 0 Å². The molecule has 0 unspecified atom stereocenters. The first-order valence-electron chi connectivity index (χ1n) is 7.60. The number of nitrogens with one attached hydrogen (secondary N) is 1. The molecule has 3 rings (SSSR count). The predicted octanol–water partition coefficient (Wildman–Crippen LogP) is 2.81. The van der Waals surface area contributed by atoms with Gasteiger partial charge >= 0.3 is 0 Å². The molecular weight excluding hydrogens is 292 g/mol. The molecule has 2 aromatic rings. The number of H-pyrrole nitrogens is 1. The maximum Gasteiger partial charge on any atom is 0.266 e. The molecule has 0 saturated heterocycles. The zero-order valence-corrected chi connectivity index (χ0v) is 13.2. The molecule has 1 aliphatic carbocycles. The molecule has 1 N–H and O–H groups in total. The summed E-state index contributed by atoms with van der Waals surface area (Å²) in [6.07, 6.45) is 3.76. The number of rotatable bonds is 3. The number of nitriles is 1. The van der Waals surface area contributed by atoms with E-state index in [2.05, 4.69) is 11.1 Å². The minimum absolute atomic E-state index is 0.136. The van der Waals surface area contributed by atoms with Crippen LogP contribution in [0.1, 0.15) is 29.7 Å². The van der Waals surface area contributed by atoms with Crippen LogP contribution in [-0.4, -0.2) is 19.2 Å². The summed E-state index contributed by atoms with van der Waals surface area (Å²) in [5.41, 5.74) is 3.18. The van der Waals surface area contributed by atoms with E-state index in [9.17, 15) is 10.1 Å². The number of nitrogens with zero attached hydrogens (tertiary/aromatic N) is 1. The van der Waals surface area contributed by atoms with E-state index in [1.165, 1.54) is 0 Å². The second kappa shape index (κ2) is 6.17. The van der Waals surface area contributed by atoms with E-state index >= 15 is 0 Å². The van der Waals surface area contributed by atoms with Crippen molar-refractivity contribution in [2.75, 3.05) is 14.2 Å². The number of hydrogen-bond acceptors (Lipinski definition) is 4. The Balaban J connectivity index is 2.38. The van der Waals surface area contributed by atoms with Gasteiger partial charge in [0.15, 0.2) is 0 Å². The van der Waals surface area contributed by atoms with Gasteiger partial charge in [0.05, 0.1) is 14.2 Å². The smallest absolute Gasteiger partial charge is 0.266 e. The third-order valence-electron chi connectivity index (χ3n) is 4.30. The lowest BCUT2D eigenvalue weighted by atomic mass is 9.86. The fourth-order valence-corrected chi connectivity index (χ4v) is 3.20. The largest absolute Gasteiger partial charge is 0.497 e. The number of pyridine rings is 1. The average molecular weight is 310 g/mol. The number of aryl methyl sites for hydroxylation is 1. The molecule has 1 aromatic carbocycles. The van der Waals surface area contributed by atoms with Gasteiger partial charge < -0.3 is 14.5 Å². The van der Waals surface area contributed by atoms with E-state index in [-0.39, 0.29) is 11.1 Å². The van der Waals surface area contributed by atoms with Gasteiger partial charge in [-0.1, -0.05) is 0 Å². The lowest BCUT2D eigenvalue weighted by molar-refractivity contribution is 0.404. The Bertz CT molecular complexity index is 847. The molecule has 5 nitrogen and oxygen atoms in total. The highest BCUT2D eigenvalue weighted by Crippen LogP contribution is 2.39. The molecule has 0 saturated carbocycles. The predicted molar refractivity (Wildman–Crippen MR) is 87.0 cm³/mol. The van der Waals surface area contributed by atoms with Crippen LogP contribution in [0.2, 0.25) is 0 Å². The lowest BCUT2D eigenvalue weighted by Gasteiger charge is -2.21. The standard InChI is InChI=1S/C18H18N2O3/c1-22-11-7-8-16(23-2)13(9-11)17-12-5-3-4-6-15(12)20-18(21)14(17)10-19/h7-9H,3-6H2,1-2H3,(H,20,21). The van der Waals surface area contributed by atoms with Gasteiger partial charge in [0, 0.05) is 16.8 Å². The summed E-state index contributed by atoms with van der Waals surface area (Å²) in [6, 6.07) is 7.48. The molecule has 23 heavy (non-hydrogen) atoms. The fraction of sp³-hybridized carbons (Fsp3) is 0.333. The van der Waals surface area contributed by atoms with Crippen molar-refractivity contribution in [3.05, 3.63) is 45.4 Å². The monoisotopic (exact) mass is 310 g/mol. The van der Waals surface area contributed by atoms with Crippen LogP contribution in [0.5, 0.6) is 11.5 Å². The van der Waals surface area contributed by atoms with Crippen molar-refractivity contribution in [1.82, 2.24) is 4.98 Å². The first-order chi connectivity index (χ1) is 11.2. The normalized spacial score (nSPS) is 13.1. The maximum atomic E-state index is 12.3. The van der Waals surface area contributed by atoms with E-state index in [1.807, 2.05) is 6.07 Å². The highest BCUT2D eigenvalue weighted by Gasteiger charge is 2.23. The topological polar surface area (TPSA) is 75.1 Å². The Labute approximate surface area is 134 Å². The number of hydrogen-bond donors (Lipinski definition) is 1. The maximum absolute atomic E-state index is 12.3. The molecule has 0 aliphatic heterocycles. The first kappa shape index (κ1) is 15.2. The summed E-state index contributed by atoms with van der Waals surface area (Å²) < 4.78 is 10.8. The molecule has 0 atom stereocenters. The van der Waals surface area contributed by atoms with Gasteiger partial charge in [-0.05, 0) is 49.4 Å². The van der Waals surface area contributed by atoms with Gasteiger partial charge in [0.25, 0.3) is 5.56 Å². The molecule has 0 bridgehead atoms. The number of benzene rings is 1. The second-order valence-corrected chi connectivity index (χ2v) is 5.55. The van der Waals surface area contributed by atoms with Gasteiger partial charge in [-0.15, -0.1) is 0 Å². The molecule has 5 heteroatoms. The highest BCUT2D eigenvalue weighted by molar-refractivity contribution is 5.80. The number of fused-ring (bicyclic) bond motifs is 1. The van der Waals surface area contributed by atoms with Gasteiger partial charge in [-0.25, -0.2) is 0 Å². The number of aromatic nitrogens is 1. The van der Waals surface area contributed by atoms with E-state index < -0.39 is 0 Å². The Morgan fingerprint density at radius 1 is 1.17 bits per heavy atom. The molecule has 1 heterocycles. The van der Waals surface area contributed by atoms with Crippen LogP contribution >= 0.6 is 0 Å². The number of aromatic amines is 1. The molecule has 0 radical (unpaired) electrons. The number of ether oxygens (including phenoxy) is 2. The fourth-order valence-electron chi connectivity index (χ4n) is 3.20. The van der Waals surface area contributed by atoms with Crippen molar-refractivity contribution >= 4 is 0 Å². The average Bonchev–Trinajstić information content (AvgIpc) is 2.59. The van der Waals surface area contributed by atoms with E-state index in [4.69, 9.17) is 9.47 Å². The van der Waals surface area contributed by atoms with Crippen molar-refractivity contribution in [3.63, 3.8) is 0 Å². The Morgan fingerprint density at radius 3 is 2.65 bits per heavy atom. The molecule has 118 valence electrons. The van der Waals surface area contributed by atoms with Crippen LogP contribution in [0, 0.1) is 11.3 Å². The SMILES string of the molecule is COc1ccc(OC)c(-c2c3c([nH]c(=O)c2C#N)CCCC3)c1. The zero-order valence-electron chi connectivity index (χ0n) is 13.2. The third-order valence-corrected chi connectivity index (χ3v) is 4.30. The van der Waals surface area contributed by atoms with Crippen molar-refractivity contribution < 1.29 is 9.47 Å². The summed E-state index contributed by atoms with van der Waals surface area (Å²) in [5, 5.41) is 9.51. The molecule has 0 amide bonds. The second-order valence-electron chi connectivity index (χ2n) is 5.55. The molecule has 1 aliphatic rings. The Kier molecular flexibility index (Phi) is 4.07. The van der Waals surface area contributed by atoms with Gasteiger partial charge in [0.1, 0.15) is 23.1 Å². The van der Waals surface area contributed by atoms with Crippen molar-refractivity contribution in [2.45, 2.75) is 25.7 Å². The molecule has 1 aromatic heterocycles. The van der Waals surface area contributed by atoms with Crippen molar-refractivity contribution in [1.29, 1.82) is 5.26 Å². The summed E-state index contributed by atoms with van der Waals surface area (Å²) >= 11 is 0. The summed E-state index contributed by atoms with van der Waals surface area (Å²) in [6.45, 7) is 0. The highest BCUT2D eigenvalue weighted by atomic mass is 16.5. The third kappa shape index (κ3) is 2.57. The van der Waals surface area contributed by atoms with Gasteiger partial charge in [-0.2, -0.15) is 5.26 Å². The van der Waals surface area contributed by atoms with Gasteiger partial charge in [0.2, 0.25) is 0 Å². The Hall–Kier alpha value is -2.74. The van der Waals surface area contributed by atoms with Crippen LogP contribution in [0.25, 0.3) is 11.1 Å². The minimum atomic E-state index is -0.340. The molecule has 0 spiro atoms. The van der Waals surface area contributed by atoms with E-state index in [1.54, 1.807) is 26.4 Å². The molecule has 0 fully saturated rings. The van der Waals surface area contributed by atoms with Crippen LogP contribution in [0.3, 0.4) is 0 Å². The zero-order chi connectivity index (χ0) is 16.4. The van der Waals surface area contributed by atoms with Crippen LogP contribution < -0.4 is 15.0 Å². The van der Waals surface area contributed by atoms with E-state index in [0.29, 0.717) is 17.1 Å². The van der Waals surface area contributed by atoms with Crippen molar-refractivity contribution in [2.24, 2.45) is 0 Å². The van der Waals surface area contributed by atoms with E-state index in [0.717, 1.165) is 42.5 Å². The first-order valence-corrected chi connectivity index (χ1v) is 7.60. The summed E-state index contributed by atoms with van der Waals surface area (Å²) in [4.78, 5) is 15.2. The molecular formula is C18H18N2O3. The quantitative estimate of drug-likeness (QED) is 0.946. The summed E-state index contributed by atoms with van der Waals surface area (Å²) in [5.74, 6) is 1.29. The minimum Gasteiger partial charge on any atom is -0.497 e. The Morgan fingerprint density at radius 2 is 1.96 bits per heavy atom. The number of methoxy groups -OCH3 is 2. The summed E-state index contributed by atoms with van der Waals surface area (Å²) in [7, 11) is 3.17. The van der Waals surface area contributed by atoms with Crippen LogP contribution in [-0.2, 0) is 12.8 Å².